The third-order valence-electron chi connectivity index (χ3n) is 2.65. The SMILES string of the molecule is OC1CCC(Oc2ccc(F)c(F)c2F)C1. The van der Waals surface area contributed by atoms with E-state index in [9.17, 15) is 18.3 Å². The Morgan fingerprint density at radius 3 is 2.50 bits per heavy atom. The molecule has 1 aromatic rings. The average molecular weight is 232 g/mol. The molecule has 0 spiro atoms. The van der Waals surface area contributed by atoms with Gasteiger partial charge in [-0.15, -0.1) is 0 Å². The second-order valence-corrected chi connectivity index (χ2v) is 3.88. The van der Waals surface area contributed by atoms with E-state index in [1.807, 2.05) is 0 Å². The van der Waals surface area contributed by atoms with Crippen molar-refractivity contribution in [1.29, 1.82) is 0 Å². The van der Waals surface area contributed by atoms with Crippen LogP contribution in [0.5, 0.6) is 5.75 Å². The van der Waals surface area contributed by atoms with Crippen molar-refractivity contribution < 1.29 is 23.0 Å². The van der Waals surface area contributed by atoms with Gasteiger partial charge in [0, 0.05) is 6.42 Å². The van der Waals surface area contributed by atoms with Crippen molar-refractivity contribution in [2.75, 3.05) is 0 Å². The second-order valence-electron chi connectivity index (χ2n) is 3.88. The lowest BCUT2D eigenvalue weighted by Crippen LogP contribution is -2.14. The smallest absolute Gasteiger partial charge is 0.203 e. The monoisotopic (exact) mass is 232 g/mol. The molecule has 88 valence electrons. The van der Waals surface area contributed by atoms with Crippen LogP contribution in [0.15, 0.2) is 12.1 Å². The molecule has 16 heavy (non-hydrogen) atoms. The standard InChI is InChI=1S/C11H11F3O2/c12-8-3-4-9(11(14)10(8)13)16-7-2-1-6(15)5-7/h3-4,6-7,15H,1-2,5H2. The van der Waals surface area contributed by atoms with Crippen molar-refractivity contribution in [2.45, 2.75) is 31.5 Å². The Labute approximate surface area is 90.7 Å². The molecule has 0 aromatic heterocycles. The van der Waals surface area contributed by atoms with Gasteiger partial charge in [-0.05, 0) is 25.0 Å². The molecular weight excluding hydrogens is 221 g/mol. The van der Waals surface area contributed by atoms with Gasteiger partial charge in [0.15, 0.2) is 17.4 Å². The molecule has 2 nitrogen and oxygen atoms in total. The number of ether oxygens (including phenoxy) is 1. The molecule has 0 saturated heterocycles. The van der Waals surface area contributed by atoms with Crippen molar-refractivity contribution in [2.24, 2.45) is 0 Å². The number of rotatable bonds is 2. The molecule has 1 N–H and O–H groups in total. The molecule has 2 unspecified atom stereocenters. The largest absolute Gasteiger partial charge is 0.487 e. The van der Waals surface area contributed by atoms with Crippen LogP contribution < -0.4 is 4.74 Å². The van der Waals surface area contributed by atoms with E-state index in [0.717, 1.165) is 12.1 Å². The average Bonchev–Trinajstić information content (AvgIpc) is 2.65. The number of aliphatic hydroxyl groups excluding tert-OH is 1. The zero-order valence-corrected chi connectivity index (χ0v) is 8.42. The summed E-state index contributed by atoms with van der Waals surface area (Å²) in [7, 11) is 0. The molecule has 0 bridgehead atoms. The molecule has 0 heterocycles. The van der Waals surface area contributed by atoms with Gasteiger partial charge >= 0.3 is 0 Å². The number of hydrogen-bond acceptors (Lipinski definition) is 2. The highest BCUT2D eigenvalue weighted by Gasteiger charge is 2.26. The fraction of sp³-hybridized carbons (Fsp3) is 0.455. The highest BCUT2D eigenvalue weighted by molar-refractivity contribution is 5.26. The molecule has 1 aliphatic rings. The normalized spacial score (nSPS) is 24.8. The lowest BCUT2D eigenvalue weighted by molar-refractivity contribution is 0.146. The van der Waals surface area contributed by atoms with Gasteiger partial charge in [-0.1, -0.05) is 0 Å². The predicted octanol–water partition coefficient (Wildman–Crippen LogP) is 2.40. The van der Waals surface area contributed by atoms with Crippen molar-refractivity contribution in [3.63, 3.8) is 0 Å². The summed E-state index contributed by atoms with van der Waals surface area (Å²) in [5.74, 6) is -4.40. The van der Waals surface area contributed by atoms with Gasteiger partial charge in [-0.25, -0.2) is 8.78 Å². The van der Waals surface area contributed by atoms with Gasteiger partial charge in [0.05, 0.1) is 6.10 Å². The molecule has 5 heteroatoms. The van der Waals surface area contributed by atoms with Crippen molar-refractivity contribution in [1.82, 2.24) is 0 Å². The lowest BCUT2D eigenvalue weighted by atomic mass is 10.2. The van der Waals surface area contributed by atoms with Gasteiger partial charge in [0.1, 0.15) is 6.10 Å². The van der Waals surface area contributed by atoms with Crippen LogP contribution in [0.25, 0.3) is 0 Å². The highest BCUT2D eigenvalue weighted by Crippen LogP contribution is 2.28. The van der Waals surface area contributed by atoms with Crippen LogP contribution in [0.1, 0.15) is 19.3 Å². The minimum absolute atomic E-state index is 0.307. The summed E-state index contributed by atoms with van der Waals surface area (Å²) in [6.45, 7) is 0. The zero-order valence-electron chi connectivity index (χ0n) is 8.42. The van der Waals surface area contributed by atoms with Crippen LogP contribution in [0.2, 0.25) is 0 Å². The van der Waals surface area contributed by atoms with Gasteiger partial charge < -0.3 is 9.84 Å². The Hall–Kier alpha value is -1.23. The van der Waals surface area contributed by atoms with E-state index in [1.54, 1.807) is 0 Å². The molecule has 2 atom stereocenters. The lowest BCUT2D eigenvalue weighted by Gasteiger charge is -2.14. The molecule has 0 radical (unpaired) electrons. The van der Waals surface area contributed by atoms with Crippen molar-refractivity contribution in [3.05, 3.63) is 29.6 Å². The van der Waals surface area contributed by atoms with E-state index in [0.29, 0.717) is 19.3 Å². The summed E-state index contributed by atoms with van der Waals surface area (Å²) in [5.41, 5.74) is 0. The molecule has 1 saturated carbocycles. The maximum Gasteiger partial charge on any atom is 0.203 e. The molecule has 0 amide bonds. The molecule has 0 aliphatic heterocycles. The van der Waals surface area contributed by atoms with Crippen LogP contribution in [-0.2, 0) is 0 Å². The van der Waals surface area contributed by atoms with Crippen LogP contribution in [0.3, 0.4) is 0 Å². The van der Waals surface area contributed by atoms with Gasteiger partial charge in [0.2, 0.25) is 5.82 Å². The van der Waals surface area contributed by atoms with Gasteiger partial charge in [-0.2, -0.15) is 4.39 Å². The number of halogens is 3. The Morgan fingerprint density at radius 1 is 1.12 bits per heavy atom. The van der Waals surface area contributed by atoms with Crippen molar-refractivity contribution in [3.8, 4) is 5.75 Å². The molecular formula is C11H11F3O2. The summed E-state index contributed by atoms with van der Waals surface area (Å²) in [6.07, 6.45) is 0.751. The fourth-order valence-corrected chi connectivity index (χ4v) is 1.80. The Balaban J connectivity index is 2.13. The molecule has 1 fully saturated rings. The van der Waals surface area contributed by atoms with Crippen LogP contribution in [-0.4, -0.2) is 17.3 Å². The first-order chi connectivity index (χ1) is 7.58. The molecule has 1 aromatic carbocycles. The first-order valence-corrected chi connectivity index (χ1v) is 5.06. The number of benzene rings is 1. The van der Waals surface area contributed by atoms with E-state index in [4.69, 9.17) is 4.74 Å². The Kier molecular flexibility index (Phi) is 3.05. The second kappa shape index (κ2) is 4.33. The van der Waals surface area contributed by atoms with E-state index >= 15 is 0 Å². The maximum atomic E-state index is 13.2. The fourth-order valence-electron chi connectivity index (χ4n) is 1.80. The third-order valence-corrected chi connectivity index (χ3v) is 2.65. The summed E-state index contributed by atoms with van der Waals surface area (Å²) in [5, 5.41) is 9.24. The maximum absolute atomic E-state index is 13.2. The highest BCUT2D eigenvalue weighted by atomic mass is 19.2. The first kappa shape index (κ1) is 11.3. The summed E-state index contributed by atoms with van der Waals surface area (Å²) in [6, 6.07) is 1.87. The third kappa shape index (κ3) is 2.14. The van der Waals surface area contributed by atoms with Gasteiger partial charge in [-0.3, -0.25) is 0 Å². The molecule has 2 rings (SSSR count). The minimum atomic E-state index is -1.53. The van der Waals surface area contributed by atoms with Gasteiger partial charge in [0.25, 0.3) is 0 Å². The number of aliphatic hydroxyl groups is 1. The zero-order chi connectivity index (χ0) is 11.7. The minimum Gasteiger partial charge on any atom is -0.487 e. The molecule has 1 aliphatic carbocycles. The van der Waals surface area contributed by atoms with Crippen LogP contribution in [0, 0.1) is 17.5 Å². The summed E-state index contributed by atoms with van der Waals surface area (Å²) < 4.78 is 43.9. The van der Waals surface area contributed by atoms with E-state index in [2.05, 4.69) is 0 Å². The summed E-state index contributed by atoms with van der Waals surface area (Å²) >= 11 is 0. The topological polar surface area (TPSA) is 29.5 Å². The first-order valence-electron chi connectivity index (χ1n) is 5.06. The van der Waals surface area contributed by atoms with E-state index in [1.165, 1.54) is 0 Å². The Bertz CT molecular complexity index is 395. The van der Waals surface area contributed by atoms with Crippen LogP contribution in [0.4, 0.5) is 13.2 Å². The number of hydrogen-bond donors (Lipinski definition) is 1. The predicted molar refractivity (Wildman–Crippen MR) is 50.6 cm³/mol. The van der Waals surface area contributed by atoms with E-state index in [-0.39, 0.29) is 11.9 Å². The van der Waals surface area contributed by atoms with Crippen molar-refractivity contribution >= 4 is 0 Å². The summed E-state index contributed by atoms with van der Waals surface area (Å²) in [4.78, 5) is 0. The van der Waals surface area contributed by atoms with Crippen LogP contribution >= 0.6 is 0 Å². The van der Waals surface area contributed by atoms with E-state index < -0.39 is 23.6 Å². The quantitative estimate of drug-likeness (QED) is 0.793. The Morgan fingerprint density at radius 2 is 1.88 bits per heavy atom.